The zero-order chi connectivity index (χ0) is 14.9. The first kappa shape index (κ1) is 13.3. The van der Waals surface area contributed by atoms with Crippen molar-refractivity contribution < 1.29 is 4.79 Å². The van der Waals surface area contributed by atoms with E-state index in [4.69, 9.17) is 0 Å². The molecule has 1 saturated carbocycles. The van der Waals surface area contributed by atoms with E-state index in [1.165, 1.54) is 29.3 Å². The van der Waals surface area contributed by atoms with E-state index in [0.29, 0.717) is 12.3 Å². The summed E-state index contributed by atoms with van der Waals surface area (Å²) in [5, 5.41) is 9.73. The molecule has 4 heteroatoms. The quantitative estimate of drug-likeness (QED) is 0.910. The molecule has 1 fully saturated rings. The maximum Gasteiger partial charge on any atom is 0.226 e. The van der Waals surface area contributed by atoms with Gasteiger partial charge in [0.25, 0.3) is 0 Å². The molecule has 2 aromatic carbocycles. The van der Waals surface area contributed by atoms with Crippen LogP contribution < -0.4 is 10.7 Å². The highest BCUT2D eigenvalue weighted by Crippen LogP contribution is 2.33. The number of carbonyl (C=O) groups excluding carboxylic acids is 1. The van der Waals surface area contributed by atoms with Gasteiger partial charge >= 0.3 is 0 Å². The maximum atomic E-state index is 12.2. The molecule has 2 aromatic rings. The molecular weight excluding hydrogens is 274 g/mol. The molecule has 1 atom stereocenters. The second-order valence-electron chi connectivity index (χ2n) is 6.19. The van der Waals surface area contributed by atoms with E-state index in [1.807, 2.05) is 18.2 Å². The molecule has 4 rings (SSSR count). The van der Waals surface area contributed by atoms with Crippen LogP contribution in [0.3, 0.4) is 0 Å². The number of nitrogens with one attached hydrogen (secondary N) is 2. The Kier molecular flexibility index (Phi) is 3.29. The fourth-order valence-corrected chi connectivity index (χ4v) is 3.00. The van der Waals surface area contributed by atoms with Crippen molar-refractivity contribution in [2.45, 2.75) is 31.8 Å². The van der Waals surface area contributed by atoms with Gasteiger partial charge < -0.3 is 5.32 Å². The molecule has 1 aliphatic heterocycles. The summed E-state index contributed by atoms with van der Waals surface area (Å²) >= 11 is 0. The number of hydrogen-bond donors (Lipinski definition) is 2. The summed E-state index contributed by atoms with van der Waals surface area (Å²) in [7, 11) is 0. The van der Waals surface area contributed by atoms with E-state index in [2.05, 4.69) is 40.1 Å². The number of nitrogens with zero attached hydrogens (tertiary/aromatic N) is 1. The van der Waals surface area contributed by atoms with Crippen LogP contribution in [0.4, 0.5) is 0 Å². The first-order valence-corrected chi connectivity index (χ1v) is 7.87. The van der Waals surface area contributed by atoms with E-state index in [0.717, 1.165) is 12.0 Å². The molecule has 1 aliphatic carbocycles. The lowest BCUT2D eigenvalue weighted by Crippen LogP contribution is -2.41. The van der Waals surface area contributed by atoms with Crippen LogP contribution in [0.15, 0.2) is 47.6 Å². The molecule has 22 heavy (non-hydrogen) atoms. The summed E-state index contributed by atoms with van der Waals surface area (Å²) in [6.07, 6.45) is 3.70. The number of rotatable bonds is 4. The molecule has 2 aliphatic rings. The van der Waals surface area contributed by atoms with Crippen LogP contribution in [-0.2, 0) is 11.2 Å². The first-order chi connectivity index (χ1) is 10.8. The summed E-state index contributed by atoms with van der Waals surface area (Å²) in [5.41, 5.74) is 5.29. The van der Waals surface area contributed by atoms with Crippen molar-refractivity contribution in [1.82, 2.24) is 10.7 Å². The topological polar surface area (TPSA) is 53.5 Å². The number of hydrogen-bond acceptors (Lipinski definition) is 3. The lowest BCUT2D eigenvalue weighted by Gasteiger charge is -2.12. The van der Waals surface area contributed by atoms with Crippen molar-refractivity contribution in [2.75, 3.05) is 0 Å². The third-order valence-electron chi connectivity index (χ3n) is 4.34. The van der Waals surface area contributed by atoms with Crippen molar-refractivity contribution in [3.8, 4) is 0 Å². The Labute approximate surface area is 129 Å². The van der Waals surface area contributed by atoms with Crippen molar-refractivity contribution in [3.05, 3.63) is 48.0 Å². The van der Waals surface area contributed by atoms with Crippen LogP contribution in [0, 0.1) is 5.92 Å². The highest BCUT2D eigenvalue weighted by Gasteiger charge is 2.32. The number of fused-ring (bicyclic) bond motifs is 1. The predicted octanol–water partition coefficient (Wildman–Crippen LogP) is 2.58. The average molecular weight is 293 g/mol. The average Bonchev–Trinajstić information content (AvgIpc) is 3.28. The Bertz CT molecular complexity index is 749. The smallest absolute Gasteiger partial charge is 0.226 e. The van der Waals surface area contributed by atoms with Crippen LogP contribution in [0.1, 0.15) is 24.8 Å². The third kappa shape index (κ3) is 2.82. The van der Waals surface area contributed by atoms with Gasteiger partial charge in [-0.05, 0) is 35.1 Å². The van der Waals surface area contributed by atoms with Gasteiger partial charge in [-0.25, -0.2) is 0 Å². The minimum atomic E-state index is -0.0384. The van der Waals surface area contributed by atoms with Crippen molar-refractivity contribution >= 4 is 22.4 Å². The van der Waals surface area contributed by atoms with Crippen molar-refractivity contribution in [2.24, 2.45) is 11.0 Å². The van der Waals surface area contributed by atoms with Crippen LogP contribution in [0.25, 0.3) is 10.8 Å². The summed E-state index contributed by atoms with van der Waals surface area (Å²) < 4.78 is 0. The van der Waals surface area contributed by atoms with Crippen molar-refractivity contribution in [1.29, 1.82) is 0 Å². The standard InChI is InChI=1S/C18H19N3O/c22-18(19-17-11-16(20-21-17)14-7-8-14)10-12-5-6-13-3-1-2-4-15(13)9-12/h1-6,9,14,17,21H,7-8,10-11H2,(H,19,22). The second-order valence-corrected chi connectivity index (χ2v) is 6.19. The maximum absolute atomic E-state index is 12.2. The second kappa shape index (κ2) is 5.44. The molecule has 2 N–H and O–H groups in total. The van der Waals surface area contributed by atoms with Gasteiger partial charge in [-0.1, -0.05) is 42.5 Å². The van der Waals surface area contributed by atoms with E-state index in [-0.39, 0.29) is 12.1 Å². The predicted molar refractivity (Wildman–Crippen MR) is 87.5 cm³/mol. The molecule has 1 heterocycles. The molecule has 0 bridgehead atoms. The van der Waals surface area contributed by atoms with E-state index >= 15 is 0 Å². The zero-order valence-corrected chi connectivity index (χ0v) is 12.4. The lowest BCUT2D eigenvalue weighted by atomic mass is 10.0. The van der Waals surface area contributed by atoms with E-state index in [9.17, 15) is 4.79 Å². The Morgan fingerprint density at radius 1 is 1.18 bits per heavy atom. The summed E-state index contributed by atoms with van der Waals surface area (Å²) in [6.45, 7) is 0. The monoisotopic (exact) mass is 293 g/mol. The molecule has 0 radical (unpaired) electrons. The van der Waals surface area contributed by atoms with Gasteiger partial charge in [0.1, 0.15) is 6.17 Å². The Morgan fingerprint density at radius 2 is 2.00 bits per heavy atom. The third-order valence-corrected chi connectivity index (χ3v) is 4.34. The summed E-state index contributed by atoms with van der Waals surface area (Å²) in [6, 6.07) is 14.4. The number of carbonyl (C=O) groups is 1. The fourth-order valence-electron chi connectivity index (χ4n) is 3.00. The Hall–Kier alpha value is -2.36. The largest absolute Gasteiger partial charge is 0.334 e. The molecule has 0 spiro atoms. The fraction of sp³-hybridized carbons (Fsp3) is 0.333. The normalized spacial score (nSPS) is 20.5. The zero-order valence-electron chi connectivity index (χ0n) is 12.4. The van der Waals surface area contributed by atoms with Gasteiger partial charge in [0, 0.05) is 12.1 Å². The van der Waals surface area contributed by atoms with Gasteiger partial charge in [-0.2, -0.15) is 5.10 Å². The molecule has 0 aromatic heterocycles. The van der Waals surface area contributed by atoms with Crippen LogP contribution >= 0.6 is 0 Å². The van der Waals surface area contributed by atoms with Crippen LogP contribution in [-0.4, -0.2) is 17.8 Å². The first-order valence-electron chi connectivity index (χ1n) is 7.87. The van der Waals surface area contributed by atoms with Crippen molar-refractivity contribution in [3.63, 3.8) is 0 Å². The SMILES string of the molecule is O=C(Cc1ccc2ccccc2c1)NC1CC(C2CC2)=NN1. The molecule has 112 valence electrons. The molecule has 1 amide bonds. The number of amides is 1. The van der Waals surface area contributed by atoms with Gasteiger partial charge in [0.2, 0.25) is 5.91 Å². The number of benzene rings is 2. The van der Waals surface area contributed by atoms with Crippen LogP contribution in [0.5, 0.6) is 0 Å². The van der Waals surface area contributed by atoms with Gasteiger partial charge in [-0.15, -0.1) is 0 Å². The molecule has 1 unspecified atom stereocenters. The number of hydrazone groups is 1. The van der Waals surface area contributed by atoms with Crippen LogP contribution in [0.2, 0.25) is 0 Å². The highest BCUT2D eigenvalue weighted by molar-refractivity contribution is 5.91. The van der Waals surface area contributed by atoms with E-state index in [1.54, 1.807) is 0 Å². The van der Waals surface area contributed by atoms with Gasteiger partial charge in [0.15, 0.2) is 0 Å². The molecule has 4 nitrogen and oxygen atoms in total. The van der Waals surface area contributed by atoms with Gasteiger partial charge in [-0.3, -0.25) is 10.2 Å². The van der Waals surface area contributed by atoms with Gasteiger partial charge in [0.05, 0.1) is 6.42 Å². The summed E-state index contributed by atoms with van der Waals surface area (Å²) in [5.74, 6) is 0.704. The Balaban J connectivity index is 1.36. The molecule has 0 saturated heterocycles. The minimum absolute atomic E-state index is 0.0384. The highest BCUT2D eigenvalue weighted by atomic mass is 16.1. The minimum Gasteiger partial charge on any atom is -0.334 e. The lowest BCUT2D eigenvalue weighted by molar-refractivity contribution is -0.121. The van der Waals surface area contributed by atoms with E-state index < -0.39 is 0 Å². The summed E-state index contributed by atoms with van der Waals surface area (Å²) in [4.78, 5) is 12.2. The molecular formula is C18H19N3O. The Morgan fingerprint density at radius 3 is 2.82 bits per heavy atom.